The SMILES string of the molecule is C[C@H](NC(=O)[C@@H]1C[C@@H]1c1ccccc1)[C@@H]1C[C@@H]2CC[C@@H]1C2. The Labute approximate surface area is 127 Å². The smallest absolute Gasteiger partial charge is 0.223 e. The Bertz CT molecular complexity index is 526. The predicted molar refractivity (Wildman–Crippen MR) is 83.8 cm³/mol. The number of carbonyl (C=O) groups is 1. The molecule has 2 bridgehead atoms. The first-order valence-corrected chi connectivity index (χ1v) is 8.57. The van der Waals surface area contributed by atoms with E-state index in [1.54, 1.807) is 0 Å². The molecule has 1 amide bonds. The number of hydrogen-bond donors (Lipinski definition) is 1. The number of fused-ring (bicyclic) bond motifs is 2. The van der Waals surface area contributed by atoms with E-state index in [-0.39, 0.29) is 5.92 Å². The number of amides is 1. The van der Waals surface area contributed by atoms with Gasteiger partial charge in [0.1, 0.15) is 0 Å². The Balaban J connectivity index is 1.33. The van der Waals surface area contributed by atoms with Crippen LogP contribution < -0.4 is 5.32 Å². The third-order valence-electron chi connectivity index (χ3n) is 6.16. The van der Waals surface area contributed by atoms with Crippen molar-refractivity contribution in [3.8, 4) is 0 Å². The Morgan fingerprint density at radius 1 is 1.14 bits per heavy atom. The molecule has 1 aromatic rings. The van der Waals surface area contributed by atoms with Crippen LogP contribution in [0.3, 0.4) is 0 Å². The fourth-order valence-corrected chi connectivity index (χ4v) is 4.90. The minimum atomic E-state index is 0.216. The van der Waals surface area contributed by atoms with E-state index >= 15 is 0 Å². The molecule has 1 N–H and O–H groups in total. The molecular formula is C19H25NO. The Hall–Kier alpha value is -1.31. The summed E-state index contributed by atoms with van der Waals surface area (Å²) in [6, 6.07) is 10.8. The van der Waals surface area contributed by atoms with Crippen LogP contribution in [0.25, 0.3) is 0 Å². The maximum absolute atomic E-state index is 12.5. The number of rotatable bonds is 4. The van der Waals surface area contributed by atoms with Gasteiger partial charge in [0.05, 0.1) is 0 Å². The average Bonchev–Trinajstić information content (AvgIpc) is 3.03. The van der Waals surface area contributed by atoms with Crippen LogP contribution in [0.1, 0.15) is 50.5 Å². The molecule has 0 heterocycles. The summed E-state index contributed by atoms with van der Waals surface area (Å²) in [7, 11) is 0. The Kier molecular flexibility index (Phi) is 3.28. The molecule has 3 saturated carbocycles. The third-order valence-corrected chi connectivity index (χ3v) is 6.16. The molecule has 1 aromatic carbocycles. The summed E-state index contributed by atoms with van der Waals surface area (Å²) in [5, 5.41) is 3.33. The maximum Gasteiger partial charge on any atom is 0.223 e. The van der Waals surface area contributed by atoms with Gasteiger partial charge in [-0.05, 0) is 61.8 Å². The highest BCUT2D eigenvalue weighted by Gasteiger charge is 2.46. The summed E-state index contributed by atoms with van der Waals surface area (Å²) < 4.78 is 0. The minimum Gasteiger partial charge on any atom is -0.353 e. The monoisotopic (exact) mass is 283 g/mol. The van der Waals surface area contributed by atoms with Crippen LogP contribution in [0.4, 0.5) is 0 Å². The Morgan fingerprint density at radius 3 is 2.62 bits per heavy atom. The van der Waals surface area contributed by atoms with Crippen LogP contribution in [-0.2, 0) is 4.79 Å². The second-order valence-corrected chi connectivity index (χ2v) is 7.50. The van der Waals surface area contributed by atoms with Crippen molar-refractivity contribution in [2.75, 3.05) is 0 Å². The lowest BCUT2D eigenvalue weighted by molar-refractivity contribution is -0.123. The molecule has 4 rings (SSSR count). The summed E-state index contributed by atoms with van der Waals surface area (Å²) in [6.45, 7) is 2.23. The average molecular weight is 283 g/mol. The van der Waals surface area contributed by atoms with Gasteiger partial charge in [0, 0.05) is 12.0 Å². The van der Waals surface area contributed by atoms with Gasteiger partial charge in [-0.2, -0.15) is 0 Å². The number of hydrogen-bond acceptors (Lipinski definition) is 1. The minimum absolute atomic E-state index is 0.216. The molecule has 0 saturated heterocycles. The first-order chi connectivity index (χ1) is 10.2. The molecule has 112 valence electrons. The molecule has 3 aliphatic rings. The van der Waals surface area contributed by atoms with Gasteiger partial charge in [0.2, 0.25) is 5.91 Å². The highest BCUT2D eigenvalue weighted by atomic mass is 16.2. The van der Waals surface area contributed by atoms with Gasteiger partial charge in [-0.3, -0.25) is 4.79 Å². The number of nitrogens with one attached hydrogen (secondary N) is 1. The molecule has 0 unspecified atom stereocenters. The molecule has 2 heteroatoms. The van der Waals surface area contributed by atoms with Crippen LogP contribution in [0, 0.1) is 23.7 Å². The van der Waals surface area contributed by atoms with Crippen LogP contribution in [-0.4, -0.2) is 11.9 Å². The second-order valence-electron chi connectivity index (χ2n) is 7.50. The fourth-order valence-electron chi connectivity index (χ4n) is 4.90. The van der Waals surface area contributed by atoms with Gasteiger partial charge < -0.3 is 5.32 Å². The van der Waals surface area contributed by atoms with E-state index in [0.717, 1.165) is 24.2 Å². The van der Waals surface area contributed by atoms with Crippen LogP contribution in [0.15, 0.2) is 30.3 Å². The van der Waals surface area contributed by atoms with Crippen molar-refractivity contribution in [2.45, 2.75) is 51.0 Å². The van der Waals surface area contributed by atoms with E-state index < -0.39 is 0 Å². The quantitative estimate of drug-likeness (QED) is 0.896. The van der Waals surface area contributed by atoms with E-state index in [0.29, 0.717) is 17.9 Å². The molecule has 0 aliphatic heterocycles. The molecule has 0 aromatic heterocycles. The lowest BCUT2D eigenvalue weighted by Crippen LogP contribution is -2.41. The van der Waals surface area contributed by atoms with Crippen molar-refractivity contribution in [2.24, 2.45) is 23.7 Å². The molecule has 0 radical (unpaired) electrons. The number of benzene rings is 1. The van der Waals surface area contributed by atoms with E-state index in [1.807, 2.05) is 6.07 Å². The predicted octanol–water partition coefficient (Wildman–Crippen LogP) is 3.73. The number of carbonyl (C=O) groups excluding carboxylic acids is 1. The van der Waals surface area contributed by atoms with Gasteiger partial charge in [-0.25, -0.2) is 0 Å². The third kappa shape index (κ3) is 2.49. The summed E-state index contributed by atoms with van der Waals surface area (Å²) in [4.78, 5) is 12.5. The highest BCUT2D eigenvalue weighted by Crippen LogP contribution is 2.50. The van der Waals surface area contributed by atoms with Crippen molar-refractivity contribution in [3.05, 3.63) is 35.9 Å². The normalized spacial score (nSPS) is 38.2. The van der Waals surface area contributed by atoms with E-state index in [2.05, 4.69) is 36.5 Å². The van der Waals surface area contributed by atoms with E-state index in [9.17, 15) is 4.79 Å². The summed E-state index contributed by atoms with van der Waals surface area (Å²) in [6.07, 6.45) is 6.62. The van der Waals surface area contributed by atoms with Crippen LogP contribution in [0.5, 0.6) is 0 Å². The standard InChI is InChI=1S/C19H25NO/c1-12(16-10-13-7-8-15(16)9-13)20-19(21)18-11-17(18)14-5-3-2-4-6-14/h2-6,12-13,15-18H,7-11H2,1H3,(H,20,21)/t12-,13+,15+,16-,17+,18+/m0/s1. The van der Waals surface area contributed by atoms with E-state index in [1.165, 1.54) is 31.2 Å². The first kappa shape index (κ1) is 13.4. The van der Waals surface area contributed by atoms with Gasteiger partial charge in [0.15, 0.2) is 0 Å². The zero-order valence-corrected chi connectivity index (χ0v) is 12.8. The molecule has 3 aliphatic carbocycles. The van der Waals surface area contributed by atoms with Crippen molar-refractivity contribution >= 4 is 5.91 Å². The largest absolute Gasteiger partial charge is 0.353 e. The fraction of sp³-hybridized carbons (Fsp3) is 0.632. The maximum atomic E-state index is 12.5. The lowest BCUT2D eigenvalue weighted by atomic mass is 9.84. The highest BCUT2D eigenvalue weighted by molar-refractivity contribution is 5.83. The van der Waals surface area contributed by atoms with E-state index in [4.69, 9.17) is 0 Å². The molecule has 21 heavy (non-hydrogen) atoms. The van der Waals surface area contributed by atoms with Crippen LogP contribution in [0.2, 0.25) is 0 Å². The molecule has 6 atom stereocenters. The summed E-state index contributed by atoms with van der Waals surface area (Å²) in [5.74, 6) is 3.54. The Morgan fingerprint density at radius 2 is 1.95 bits per heavy atom. The molecular weight excluding hydrogens is 258 g/mol. The van der Waals surface area contributed by atoms with Crippen molar-refractivity contribution in [1.29, 1.82) is 0 Å². The molecule has 0 spiro atoms. The zero-order valence-electron chi connectivity index (χ0n) is 12.8. The molecule has 3 fully saturated rings. The summed E-state index contributed by atoms with van der Waals surface area (Å²) in [5.41, 5.74) is 1.32. The lowest BCUT2D eigenvalue weighted by Gasteiger charge is -2.28. The van der Waals surface area contributed by atoms with Gasteiger partial charge in [-0.15, -0.1) is 0 Å². The van der Waals surface area contributed by atoms with Crippen molar-refractivity contribution in [1.82, 2.24) is 5.32 Å². The van der Waals surface area contributed by atoms with Crippen molar-refractivity contribution in [3.63, 3.8) is 0 Å². The molecule has 2 nitrogen and oxygen atoms in total. The zero-order chi connectivity index (χ0) is 14.4. The topological polar surface area (TPSA) is 29.1 Å². The van der Waals surface area contributed by atoms with Gasteiger partial charge in [-0.1, -0.05) is 36.8 Å². The van der Waals surface area contributed by atoms with Gasteiger partial charge in [0.25, 0.3) is 0 Å². The summed E-state index contributed by atoms with van der Waals surface area (Å²) >= 11 is 0. The second kappa shape index (κ2) is 5.15. The van der Waals surface area contributed by atoms with Gasteiger partial charge >= 0.3 is 0 Å². The first-order valence-electron chi connectivity index (χ1n) is 8.57. The van der Waals surface area contributed by atoms with Crippen LogP contribution >= 0.6 is 0 Å². The van der Waals surface area contributed by atoms with Crippen molar-refractivity contribution < 1.29 is 4.79 Å².